The Bertz CT molecular complexity index is 1060. The molecule has 30 heavy (non-hydrogen) atoms. The summed E-state index contributed by atoms with van der Waals surface area (Å²) in [5.74, 6) is 0.339. The Hall–Kier alpha value is -3.23. The van der Waals surface area contributed by atoms with E-state index in [1.807, 2.05) is 61.5 Å². The number of aromatic nitrogens is 1. The summed E-state index contributed by atoms with van der Waals surface area (Å²) in [4.78, 5) is 19.2. The summed E-state index contributed by atoms with van der Waals surface area (Å²) in [6.45, 7) is 1.65. The first-order valence-electron chi connectivity index (χ1n) is 9.48. The van der Waals surface area contributed by atoms with Gasteiger partial charge >= 0.3 is 0 Å². The summed E-state index contributed by atoms with van der Waals surface area (Å²) in [5, 5.41) is 10.9. The van der Waals surface area contributed by atoms with Gasteiger partial charge in [0.05, 0.1) is 4.70 Å². The van der Waals surface area contributed by atoms with E-state index in [-0.39, 0.29) is 5.91 Å². The van der Waals surface area contributed by atoms with Gasteiger partial charge in [-0.3, -0.25) is 4.79 Å². The Morgan fingerprint density at radius 3 is 2.73 bits per heavy atom. The van der Waals surface area contributed by atoms with Crippen LogP contribution in [0.3, 0.4) is 0 Å². The van der Waals surface area contributed by atoms with Crippen molar-refractivity contribution in [3.63, 3.8) is 0 Å². The van der Waals surface area contributed by atoms with Crippen LogP contribution in [0.15, 0.2) is 48.7 Å². The SMILES string of the molecule is CN(C)CCOc1cc(/C(C=N)=C/N)cc2sc(C(=O)NCc3ccccc3)nc12. The van der Waals surface area contributed by atoms with E-state index >= 15 is 0 Å². The summed E-state index contributed by atoms with van der Waals surface area (Å²) >= 11 is 1.29. The topological polar surface area (TPSA) is 104 Å². The first-order chi connectivity index (χ1) is 14.5. The number of fused-ring (bicyclic) bond motifs is 1. The largest absolute Gasteiger partial charge is 0.490 e. The lowest BCUT2D eigenvalue weighted by Crippen LogP contribution is -2.22. The lowest BCUT2D eigenvalue weighted by atomic mass is 10.1. The van der Waals surface area contributed by atoms with Crippen molar-refractivity contribution in [2.45, 2.75) is 6.54 Å². The van der Waals surface area contributed by atoms with Crippen LogP contribution in [0.4, 0.5) is 0 Å². The molecule has 0 radical (unpaired) electrons. The molecule has 0 fully saturated rings. The molecule has 3 aromatic rings. The zero-order chi connectivity index (χ0) is 21.5. The molecule has 3 rings (SSSR count). The maximum atomic E-state index is 12.7. The molecule has 0 unspecified atom stereocenters. The number of carbonyl (C=O) groups excluding carboxylic acids is 1. The summed E-state index contributed by atoms with van der Waals surface area (Å²) < 4.78 is 6.76. The number of thiazole rings is 1. The van der Waals surface area contributed by atoms with Gasteiger partial charge in [0.1, 0.15) is 17.9 Å². The van der Waals surface area contributed by atoms with Crippen molar-refractivity contribution in [1.29, 1.82) is 5.41 Å². The summed E-state index contributed by atoms with van der Waals surface area (Å²) in [5.41, 5.74) is 8.63. The highest BCUT2D eigenvalue weighted by atomic mass is 32.1. The lowest BCUT2D eigenvalue weighted by molar-refractivity contribution is 0.0950. The number of benzene rings is 2. The molecule has 0 saturated heterocycles. The molecule has 1 heterocycles. The number of amides is 1. The van der Waals surface area contributed by atoms with Gasteiger partial charge in [-0.25, -0.2) is 4.98 Å². The second-order valence-corrected chi connectivity index (χ2v) is 7.96. The molecule has 0 aliphatic heterocycles. The molecule has 0 spiro atoms. The van der Waals surface area contributed by atoms with Gasteiger partial charge in [0.2, 0.25) is 0 Å². The standard InChI is InChI=1S/C22H25N5O2S/c1-27(2)8-9-29-18-10-16(17(12-23)13-24)11-19-20(18)26-22(30-19)21(28)25-14-15-6-4-3-5-7-15/h3-7,10-13,23H,8-9,14,24H2,1-2H3,(H,25,28)/b17-13+,23-12?. The monoisotopic (exact) mass is 423 g/mol. The molecule has 7 nitrogen and oxygen atoms in total. The van der Waals surface area contributed by atoms with Crippen LogP contribution in [0.5, 0.6) is 5.75 Å². The first-order valence-corrected chi connectivity index (χ1v) is 10.3. The van der Waals surface area contributed by atoms with E-state index in [0.29, 0.717) is 35.0 Å². The summed E-state index contributed by atoms with van der Waals surface area (Å²) in [6, 6.07) is 13.4. The van der Waals surface area contributed by atoms with Gasteiger partial charge in [0.25, 0.3) is 5.91 Å². The Kier molecular flexibility index (Phi) is 7.16. The molecule has 156 valence electrons. The van der Waals surface area contributed by atoms with E-state index in [1.54, 1.807) is 0 Å². The molecular weight excluding hydrogens is 398 g/mol. The van der Waals surface area contributed by atoms with E-state index in [1.165, 1.54) is 23.8 Å². The first kappa shape index (κ1) is 21.5. The van der Waals surface area contributed by atoms with Gasteiger partial charge in [-0.05, 0) is 37.4 Å². The third-order valence-electron chi connectivity index (χ3n) is 4.41. The number of ether oxygens (including phenoxy) is 1. The number of rotatable bonds is 9. The number of hydrogen-bond donors (Lipinski definition) is 3. The maximum Gasteiger partial charge on any atom is 0.280 e. The summed E-state index contributed by atoms with van der Waals surface area (Å²) in [6.07, 6.45) is 2.57. The molecule has 0 aliphatic carbocycles. The van der Waals surface area contributed by atoms with Crippen LogP contribution in [-0.2, 0) is 6.54 Å². The van der Waals surface area contributed by atoms with Gasteiger partial charge in [-0.15, -0.1) is 11.3 Å². The highest BCUT2D eigenvalue weighted by molar-refractivity contribution is 7.20. The third kappa shape index (κ3) is 5.22. The molecule has 0 aliphatic rings. The Balaban J connectivity index is 1.89. The fraction of sp³-hybridized carbons (Fsp3) is 0.227. The Labute approximate surface area is 179 Å². The number of hydrogen-bond acceptors (Lipinski definition) is 7. The highest BCUT2D eigenvalue weighted by Crippen LogP contribution is 2.33. The van der Waals surface area contributed by atoms with Crippen LogP contribution < -0.4 is 15.8 Å². The zero-order valence-electron chi connectivity index (χ0n) is 17.0. The van der Waals surface area contributed by atoms with Gasteiger partial charge in [-0.2, -0.15) is 0 Å². The van der Waals surface area contributed by atoms with Crippen LogP contribution in [0, 0.1) is 5.41 Å². The van der Waals surface area contributed by atoms with Crippen LogP contribution in [0.1, 0.15) is 20.9 Å². The summed E-state index contributed by atoms with van der Waals surface area (Å²) in [7, 11) is 3.94. The molecule has 1 aromatic heterocycles. The fourth-order valence-electron chi connectivity index (χ4n) is 2.79. The number of nitrogens with two attached hydrogens (primary N) is 1. The minimum absolute atomic E-state index is 0.234. The van der Waals surface area contributed by atoms with Crippen LogP contribution in [0.2, 0.25) is 0 Å². The minimum Gasteiger partial charge on any atom is -0.490 e. The lowest BCUT2D eigenvalue weighted by Gasteiger charge is -2.12. The average molecular weight is 424 g/mol. The van der Waals surface area contributed by atoms with E-state index in [2.05, 4.69) is 10.3 Å². The second-order valence-electron chi connectivity index (χ2n) is 6.93. The van der Waals surface area contributed by atoms with Gasteiger partial charge in [-0.1, -0.05) is 30.3 Å². The van der Waals surface area contributed by atoms with Gasteiger partial charge < -0.3 is 26.1 Å². The van der Waals surface area contributed by atoms with E-state index < -0.39 is 0 Å². The zero-order valence-corrected chi connectivity index (χ0v) is 17.8. The molecule has 8 heteroatoms. The van der Waals surface area contributed by atoms with Gasteiger partial charge in [0, 0.05) is 31.1 Å². The van der Waals surface area contributed by atoms with Crippen molar-refractivity contribution >= 4 is 39.2 Å². The van der Waals surface area contributed by atoms with Crippen molar-refractivity contribution < 1.29 is 9.53 Å². The maximum absolute atomic E-state index is 12.7. The van der Waals surface area contributed by atoms with Crippen LogP contribution >= 0.6 is 11.3 Å². The number of nitrogens with zero attached hydrogens (tertiary/aromatic N) is 2. The third-order valence-corrected chi connectivity index (χ3v) is 5.42. The molecule has 0 bridgehead atoms. The average Bonchev–Trinajstić information content (AvgIpc) is 3.18. The van der Waals surface area contributed by atoms with Crippen molar-refractivity contribution in [3.8, 4) is 5.75 Å². The molecule has 0 atom stereocenters. The number of allylic oxidation sites excluding steroid dienone is 1. The number of nitrogens with one attached hydrogen (secondary N) is 2. The van der Waals surface area contributed by atoms with Gasteiger partial charge in [0.15, 0.2) is 5.01 Å². The minimum atomic E-state index is -0.234. The van der Waals surface area contributed by atoms with E-state index in [9.17, 15) is 4.79 Å². The highest BCUT2D eigenvalue weighted by Gasteiger charge is 2.17. The molecule has 2 aromatic carbocycles. The predicted octanol–water partition coefficient (Wildman–Crippen LogP) is 3.12. The molecule has 1 amide bonds. The van der Waals surface area contributed by atoms with Crippen molar-refractivity contribution in [2.24, 2.45) is 5.73 Å². The van der Waals surface area contributed by atoms with Crippen molar-refractivity contribution in [2.75, 3.05) is 27.2 Å². The predicted molar refractivity (Wildman–Crippen MR) is 122 cm³/mol. The number of carbonyl (C=O) groups is 1. The number of likely N-dealkylation sites (N-methyl/N-ethyl adjacent to an activating group) is 1. The Morgan fingerprint density at radius 2 is 2.07 bits per heavy atom. The molecular formula is C22H25N5O2S. The van der Waals surface area contributed by atoms with E-state index in [0.717, 1.165) is 22.4 Å². The second kappa shape index (κ2) is 10.00. The van der Waals surface area contributed by atoms with E-state index in [4.69, 9.17) is 15.9 Å². The van der Waals surface area contributed by atoms with Crippen LogP contribution in [-0.4, -0.2) is 49.3 Å². The fourth-order valence-corrected chi connectivity index (χ4v) is 3.73. The van der Waals surface area contributed by atoms with Crippen LogP contribution in [0.25, 0.3) is 15.8 Å². The molecule has 4 N–H and O–H groups in total. The smallest absolute Gasteiger partial charge is 0.280 e. The normalized spacial score (nSPS) is 11.6. The molecule has 0 saturated carbocycles. The quantitative estimate of drug-likeness (QED) is 0.459. The van der Waals surface area contributed by atoms with Crippen molar-refractivity contribution in [1.82, 2.24) is 15.2 Å². The Morgan fingerprint density at radius 1 is 1.30 bits per heavy atom. The van der Waals surface area contributed by atoms with Crippen molar-refractivity contribution in [3.05, 3.63) is 64.8 Å².